The van der Waals surface area contributed by atoms with Gasteiger partial charge >= 0.3 is 0 Å². The summed E-state index contributed by atoms with van der Waals surface area (Å²) in [6, 6.07) is 4.71. The Kier molecular flexibility index (Phi) is 3.87. The molecule has 0 heterocycles. The Morgan fingerprint density at radius 1 is 1.33 bits per heavy atom. The summed E-state index contributed by atoms with van der Waals surface area (Å²) >= 11 is 0. The van der Waals surface area contributed by atoms with Crippen LogP contribution in [0.1, 0.15) is 41.6 Å². The molecule has 1 aromatic rings. The Morgan fingerprint density at radius 2 is 2.06 bits per heavy atom. The van der Waals surface area contributed by atoms with Gasteiger partial charge in [0.1, 0.15) is 5.75 Å². The van der Waals surface area contributed by atoms with Crippen molar-refractivity contribution in [3.8, 4) is 5.75 Å². The molecule has 1 saturated carbocycles. The smallest absolute Gasteiger partial charge is 0.251 e. The van der Waals surface area contributed by atoms with Gasteiger partial charge in [0.25, 0.3) is 5.91 Å². The van der Waals surface area contributed by atoms with Gasteiger partial charge in [0.2, 0.25) is 0 Å². The number of phenols is 1. The molecule has 98 valence electrons. The van der Waals surface area contributed by atoms with Gasteiger partial charge in [0, 0.05) is 11.1 Å². The first-order chi connectivity index (χ1) is 8.59. The molecule has 4 heteroatoms. The molecule has 0 aliphatic heterocycles. The zero-order valence-corrected chi connectivity index (χ0v) is 10.5. The molecule has 1 fully saturated rings. The minimum Gasteiger partial charge on any atom is -0.508 e. The SMILES string of the molecule is Cc1c(O)cccc1C(=O)NC1CCCCC1O. The maximum atomic E-state index is 12.1. The third-order valence-electron chi connectivity index (χ3n) is 3.60. The first-order valence-electron chi connectivity index (χ1n) is 6.37. The van der Waals surface area contributed by atoms with Crippen LogP contribution in [0.25, 0.3) is 0 Å². The monoisotopic (exact) mass is 249 g/mol. The van der Waals surface area contributed by atoms with E-state index in [9.17, 15) is 15.0 Å². The molecule has 0 radical (unpaired) electrons. The highest BCUT2D eigenvalue weighted by atomic mass is 16.3. The quantitative estimate of drug-likeness (QED) is 0.747. The van der Waals surface area contributed by atoms with Crippen molar-refractivity contribution in [1.82, 2.24) is 5.32 Å². The lowest BCUT2D eigenvalue weighted by Crippen LogP contribution is -2.45. The van der Waals surface area contributed by atoms with Crippen LogP contribution in [-0.4, -0.2) is 28.3 Å². The first kappa shape index (κ1) is 12.9. The molecule has 4 nitrogen and oxygen atoms in total. The van der Waals surface area contributed by atoms with Crippen molar-refractivity contribution in [2.24, 2.45) is 0 Å². The van der Waals surface area contributed by atoms with Gasteiger partial charge in [-0.15, -0.1) is 0 Å². The van der Waals surface area contributed by atoms with Crippen LogP contribution >= 0.6 is 0 Å². The predicted molar refractivity (Wildman–Crippen MR) is 68.6 cm³/mol. The number of aliphatic hydroxyl groups excluding tert-OH is 1. The maximum Gasteiger partial charge on any atom is 0.251 e. The molecular formula is C14H19NO3. The van der Waals surface area contributed by atoms with E-state index in [2.05, 4.69) is 5.32 Å². The van der Waals surface area contributed by atoms with Gasteiger partial charge in [0.05, 0.1) is 12.1 Å². The second-order valence-corrected chi connectivity index (χ2v) is 4.88. The zero-order valence-electron chi connectivity index (χ0n) is 10.5. The van der Waals surface area contributed by atoms with Crippen molar-refractivity contribution in [2.75, 3.05) is 0 Å². The highest BCUT2D eigenvalue weighted by Crippen LogP contribution is 2.22. The van der Waals surface area contributed by atoms with Crippen molar-refractivity contribution < 1.29 is 15.0 Å². The summed E-state index contributed by atoms with van der Waals surface area (Å²) in [5.74, 6) is -0.110. The maximum absolute atomic E-state index is 12.1. The fourth-order valence-corrected chi connectivity index (χ4v) is 2.40. The molecule has 1 aliphatic carbocycles. The molecule has 2 atom stereocenters. The first-order valence-corrected chi connectivity index (χ1v) is 6.37. The van der Waals surface area contributed by atoms with Crippen molar-refractivity contribution in [2.45, 2.75) is 44.8 Å². The number of carbonyl (C=O) groups excluding carboxylic acids is 1. The van der Waals surface area contributed by atoms with Crippen LogP contribution in [-0.2, 0) is 0 Å². The van der Waals surface area contributed by atoms with Gasteiger partial charge in [-0.1, -0.05) is 18.9 Å². The summed E-state index contributed by atoms with van der Waals surface area (Å²) in [6.07, 6.45) is 3.13. The molecule has 0 bridgehead atoms. The minimum absolute atomic E-state index is 0.117. The number of benzene rings is 1. The summed E-state index contributed by atoms with van der Waals surface area (Å²) in [5.41, 5.74) is 1.04. The number of hydrogen-bond acceptors (Lipinski definition) is 3. The molecule has 1 aliphatic rings. The van der Waals surface area contributed by atoms with E-state index in [4.69, 9.17) is 0 Å². The topological polar surface area (TPSA) is 69.6 Å². The third-order valence-corrected chi connectivity index (χ3v) is 3.60. The number of phenolic OH excluding ortho intramolecular Hbond substituents is 1. The van der Waals surface area contributed by atoms with Gasteiger partial charge in [-0.25, -0.2) is 0 Å². The lowest BCUT2D eigenvalue weighted by molar-refractivity contribution is 0.0716. The number of aromatic hydroxyl groups is 1. The molecule has 1 aromatic carbocycles. The summed E-state index contributed by atoms with van der Waals surface area (Å²) in [6.45, 7) is 1.71. The van der Waals surface area contributed by atoms with Gasteiger partial charge in [-0.05, 0) is 31.9 Å². The Morgan fingerprint density at radius 3 is 2.78 bits per heavy atom. The summed E-state index contributed by atoms with van der Waals surface area (Å²) in [7, 11) is 0. The molecule has 0 aromatic heterocycles. The second kappa shape index (κ2) is 5.40. The highest BCUT2D eigenvalue weighted by molar-refractivity contribution is 5.96. The molecule has 2 rings (SSSR count). The van der Waals surface area contributed by atoms with Crippen LogP contribution in [0.15, 0.2) is 18.2 Å². The molecular weight excluding hydrogens is 230 g/mol. The van der Waals surface area contributed by atoms with Crippen LogP contribution < -0.4 is 5.32 Å². The highest BCUT2D eigenvalue weighted by Gasteiger charge is 2.25. The molecule has 0 spiro atoms. The van der Waals surface area contributed by atoms with Crippen molar-refractivity contribution in [3.05, 3.63) is 29.3 Å². The number of aliphatic hydroxyl groups is 1. The molecule has 1 amide bonds. The average molecular weight is 249 g/mol. The number of nitrogens with one attached hydrogen (secondary N) is 1. The van der Waals surface area contributed by atoms with Crippen LogP contribution in [0, 0.1) is 6.92 Å². The van der Waals surface area contributed by atoms with E-state index in [-0.39, 0.29) is 17.7 Å². The fraction of sp³-hybridized carbons (Fsp3) is 0.500. The minimum atomic E-state index is -0.458. The van der Waals surface area contributed by atoms with Gasteiger partial charge in [-0.3, -0.25) is 4.79 Å². The van der Waals surface area contributed by atoms with Crippen molar-refractivity contribution in [3.63, 3.8) is 0 Å². The summed E-state index contributed by atoms with van der Waals surface area (Å²) in [4.78, 5) is 12.1. The molecule has 3 N–H and O–H groups in total. The molecule has 0 saturated heterocycles. The zero-order chi connectivity index (χ0) is 13.1. The van der Waals surface area contributed by atoms with Crippen LogP contribution in [0.2, 0.25) is 0 Å². The predicted octanol–water partition coefficient (Wildman–Crippen LogP) is 1.73. The van der Waals surface area contributed by atoms with E-state index in [1.165, 1.54) is 0 Å². The van der Waals surface area contributed by atoms with E-state index in [0.717, 1.165) is 25.7 Å². The van der Waals surface area contributed by atoms with Gasteiger partial charge < -0.3 is 15.5 Å². The standard InChI is InChI=1S/C14H19NO3/c1-9-10(5-4-8-12(9)16)14(18)15-11-6-2-3-7-13(11)17/h4-5,8,11,13,16-17H,2-3,6-7H2,1H3,(H,15,18). The largest absolute Gasteiger partial charge is 0.508 e. The Hall–Kier alpha value is -1.55. The lowest BCUT2D eigenvalue weighted by Gasteiger charge is -2.28. The number of rotatable bonds is 2. The van der Waals surface area contributed by atoms with E-state index >= 15 is 0 Å². The normalized spacial score (nSPS) is 23.7. The van der Waals surface area contributed by atoms with Crippen molar-refractivity contribution >= 4 is 5.91 Å². The van der Waals surface area contributed by atoms with Gasteiger partial charge in [-0.2, -0.15) is 0 Å². The van der Waals surface area contributed by atoms with Crippen LogP contribution in [0.3, 0.4) is 0 Å². The summed E-state index contributed by atoms with van der Waals surface area (Å²) in [5, 5.41) is 22.3. The van der Waals surface area contributed by atoms with E-state index in [0.29, 0.717) is 11.1 Å². The summed E-state index contributed by atoms with van der Waals surface area (Å²) < 4.78 is 0. The lowest BCUT2D eigenvalue weighted by atomic mass is 9.92. The van der Waals surface area contributed by atoms with Crippen molar-refractivity contribution in [1.29, 1.82) is 0 Å². The Bertz CT molecular complexity index is 445. The molecule has 2 unspecified atom stereocenters. The van der Waals surface area contributed by atoms with E-state index < -0.39 is 6.10 Å². The second-order valence-electron chi connectivity index (χ2n) is 4.88. The number of amides is 1. The number of hydrogen-bond donors (Lipinski definition) is 3. The molecule has 18 heavy (non-hydrogen) atoms. The third kappa shape index (κ3) is 2.64. The van der Waals surface area contributed by atoms with E-state index in [1.54, 1.807) is 25.1 Å². The number of carbonyl (C=O) groups is 1. The van der Waals surface area contributed by atoms with E-state index in [1.807, 2.05) is 0 Å². The Balaban J connectivity index is 2.09. The van der Waals surface area contributed by atoms with Gasteiger partial charge in [0.15, 0.2) is 0 Å². The fourth-order valence-electron chi connectivity index (χ4n) is 2.40. The average Bonchev–Trinajstić information content (AvgIpc) is 2.35. The van der Waals surface area contributed by atoms with Crippen LogP contribution in [0.5, 0.6) is 5.75 Å². The Labute approximate surface area is 107 Å². The van der Waals surface area contributed by atoms with Crippen LogP contribution in [0.4, 0.5) is 0 Å².